The lowest BCUT2D eigenvalue weighted by molar-refractivity contribution is -0.310. The van der Waals surface area contributed by atoms with Crippen molar-refractivity contribution >= 4 is 46.3 Å². The van der Waals surface area contributed by atoms with E-state index >= 15 is 0 Å². The van der Waals surface area contributed by atoms with Crippen LogP contribution < -0.4 is 5.11 Å². The molecule has 0 aliphatic carbocycles. The largest absolute Gasteiger partial charge is 0.548 e. The monoisotopic (exact) mass is 352 g/mol. The molecule has 1 aliphatic rings. The first kappa shape index (κ1) is 17.6. The lowest BCUT2D eigenvalue weighted by Gasteiger charge is -2.27. The maximum absolute atomic E-state index is 12.9. The zero-order valence-corrected chi connectivity index (χ0v) is 14.1. The van der Waals surface area contributed by atoms with E-state index in [1.54, 1.807) is 6.08 Å². The summed E-state index contributed by atoms with van der Waals surface area (Å²) < 4.78 is 13.1. The lowest BCUT2D eigenvalue weighted by Crippen LogP contribution is -2.49. The van der Waals surface area contributed by atoms with Crippen molar-refractivity contribution in [2.24, 2.45) is 0 Å². The molecular formula is C16H15FNO3S2-. The summed E-state index contributed by atoms with van der Waals surface area (Å²) in [6.45, 7) is 1.94. The summed E-state index contributed by atoms with van der Waals surface area (Å²) in [5.74, 6) is -2.13. The first-order chi connectivity index (χ1) is 10.9. The number of carboxylic acid groups (broad SMARTS) is 1. The van der Waals surface area contributed by atoms with E-state index in [0.29, 0.717) is 23.3 Å². The number of aliphatic carboxylic acids is 1. The van der Waals surface area contributed by atoms with Gasteiger partial charge in [0, 0.05) is 0 Å². The molecule has 1 fully saturated rings. The molecule has 7 heteroatoms. The third-order valence-electron chi connectivity index (χ3n) is 3.41. The van der Waals surface area contributed by atoms with Crippen LogP contribution in [0.4, 0.5) is 4.39 Å². The van der Waals surface area contributed by atoms with Gasteiger partial charge in [-0.3, -0.25) is 9.69 Å². The van der Waals surface area contributed by atoms with Gasteiger partial charge < -0.3 is 9.90 Å². The number of rotatable bonds is 6. The lowest BCUT2D eigenvalue weighted by atomic mass is 10.1. The summed E-state index contributed by atoms with van der Waals surface area (Å²) in [5, 5.41) is 11.4. The van der Waals surface area contributed by atoms with Gasteiger partial charge in [0.25, 0.3) is 5.91 Å². The molecule has 1 aliphatic heterocycles. The molecule has 0 radical (unpaired) electrons. The van der Waals surface area contributed by atoms with E-state index in [1.807, 2.05) is 6.92 Å². The van der Waals surface area contributed by atoms with E-state index in [1.165, 1.54) is 24.3 Å². The fraction of sp³-hybridized carbons (Fsp3) is 0.312. The number of hydrogen-bond donors (Lipinski definition) is 0. The number of benzene rings is 1. The van der Waals surface area contributed by atoms with Crippen LogP contribution in [0.15, 0.2) is 29.2 Å². The summed E-state index contributed by atoms with van der Waals surface area (Å²) >= 11 is 6.20. The predicted octanol–water partition coefficient (Wildman–Crippen LogP) is 2.34. The number of carboxylic acids is 1. The number of nitrogens with zero attached hydrogens (tertiary/aromatic N) is 1. The van der Waals surface area contributed by atoms with Crippen molar-refractivity contribution < 1.29 is 19.1 Å². The molecule has 0 saturated carbocycles. The second-order valence-electron chi connectivity index (χ2n) is 5.08. The Hall–Kier alpha value is -1.73. The van der Waals surface area contributed by atoms with E-state index < -0.39 is 17.9 Å². The maximum atomic E-state index is 12.9. The molecule has 1 aromatic carbocycles. The molecule has 0 unspecified atom stereocenters. The van der Waals surface area contributed by atoms with E-state index in [2.05, 4.69) is 0 Å². The number of thioether (sulfide) groups is 1. The zero-order valence-electron chi connectivity index (χ0n) is 12.5. The number of halogens is 1. The average Bonchev–Trinajstić information content (AvgIpc) is 2.77. The molecule has 1 heterocycles. The number of hydrogen-bond acceptors (Lipinski definition) is 5. The number of carbonyl (C=O) groups excluding carboxylic acids is 2. The van der Waals surface area contributed by atoms with Crippen LogP contribution in [0.25, 0.3) is 6.08 Å². The molecule has 0 aromatic heterocycles. The van der Waals surface area contributed by atoms with Crippen LogP contribution in [0.5, 0.6) is 0 Å². The number of carbonyl (C=O) groups is 2. The highest BCUT2D eigenvalue weighted by Gasteiger charge is 2.37. The zero-order chi connectivity index (χ0) is 17.0. The minimum atomic E-state index is -1.31. The van der Waals surface area contributed by atoms with Crippen LogP contribution >= 0.6 is 24.0 Å². The molecule has 0 spiro atoms. The number of unbranched alkanes of at least 4 members (excludes halogenated alkanes) is 1. The molecule has 0 N–H and O–H groups in total. The third kappa shape index (κ3) is 4.17. The summed E-state index contributed by atoms with van der Waals surface area (Å²) in [6, 6.07) is 4.60. The van der Waals surface area contributed by atoms with Gasteiger partial charge in [0.1, 0.15) is 10.1 Å². The van der Waals surface area contributed by atoms with Crippen LogP contribution in [0.1, 0.15) is 31.7 Å². The predicted molar refractivity (Wildman–Crippen MR) is 89.7 cm³/mol. The molecule has 4 nitrogen and oxygen atoms in total. The van der Waals surface area contributed by atoms with E-state index in [9.17, 15) is 19.1 Å². The van der Waals surface area contributed by atoms with Crippen molar-refractivity contribution in [1.29, 1.82) is 0 Å². The molecule has 1 aromatic rings. The molecule has 122 valence electrons. The van der Waals surface area contributed by atoms with Crippen molar-refractivity contribution in [2.75, 3.05) is 0 Å². The Morgan fingerprint density at radius 2 is 2.09 bits per heavy atom. The van der Waals surface area contributed by atoms with Crippen molar-refractivity contribution in [3.8, 4) is 0 Å². The molecular weight excluding hydrogens is 337 g/mol. The van der Waals surface area contributed by atoms with Gasteiger partial charge in [0.05, 0.1) is 16.9 Å². The van der Waals surface area contributed by atoms with Gasteiger partial charge in [0.2, 0.25) is 0 Å². The van der Waals surface area contributed by atoms with Gasteiger partial charge >= 0.3 is 0 Å². The Morgan fingerprint density at radius 1 is 1.43 bits per heavy atom. The van der Waals surface area contributed by atoms with Crippen molar-refractivity contribution in [1.82, 2.24) is 4.90 Å². The van der Waals surface area contributed by atoms with Gasteiger partial charge in [-0.25, -0.2) is 4.39 Å². The van der Waals surface area contributed by atoms with E-state index in [4.69, 9.17) is 12.2 Å². The summed E-state index contributed by atoms with van der Waals surface area (Å²) in [6.07, 6.45) is 3.34. The Morgan fingerprint density at radius 3 is 2.65 bits per heavy atom. The third-order valence-corrected chi connectivity index (χ3v) is 4.74. The number of thiocarbonyl (C=S) groups is 1. The minimum absolute atomic E-state index is 0.202. The molecule has 0 bridgehead atoms. The fourth-order valence-corrected chi connectivity index (χ4v) is 3.57. The topological polar surface area (TPSA) is 60.4 Å². The molecule has 2 rings (SSSR count). The minimum Gasteiger partial charge on any atom is -0.548 e. The Balaban J connectivity index is 2.24. The van der Waals surface area contributed by atoms with E-state index in [0.717, 1.165) is 23.1 Å². The summed E-state index contributed by atoms with van der Waals surface area (Å²) in [4.78, 5) is 25.3. The van der Waals surface area contributed by atoms with Crippen LogP contribution in [0, 0.1) is 5.82 Å². The van der Waals surface area contributed by atoms with Crippen LogP contribution in [0.2, 0.25) is 0 Å². The van der Waals surface area contributed by atoms with Crippen molar-refractivity contribution in [3.63, 3.8) is 0 Å². The quantitative estimate of drug-likeness (QED) is 0.581. The van der Waals surface area contributed by atoms with Gasteiger partial charge in [-0.1, -0.05) is 55.9 Å². The summed E-state index contributed by atoms with van der Waals surface area (Å²) in [5.41, 5.74) is 0.644. The highest BCUT2D eigenvalue weighted by atomic mass is 32.2. The number of amides is 1. The molecule has 1 amide bonds. The fourth-order valence-electron chi connectivity index (χ4n) is 2.21. The standard InChI is InChI=1S/C16H16FNO3S2/c1-2-3-4-12(15(20)21)18-14(19)13(23-16(18)22)9-10-5-7-11(17)8-6-10/h5-9,12H,2-4H2,1H3,(H,20,21)/p-1/b13-9-/t12-/m0/s1. The normalized spacial score (nSPS) is 17.8. The van der Waals surface area contributed by atoms with Gasteiger partial charge in [-0.2, -0.15) is 0 Å². The highest BCUT2D eigenvalue weighted by molar-refractivity contribution is 8.26. The molecule has 1 saturated heterocycles. The van der Waals surface area contributed by atoms with Gasteiger partial charge in [-0.15, -0.1) is 0 Å². The average molecular weight is 352 g/mol. The SMILES string of the molecule is CCCC[C@@H](C(=O)[O-])N1C(=O)/C(=C/c2ccc(F)cc2)SC1=S. The van der Waals surface area contributed by atoms with Crippen LogP contribution in [-0.4, -0.2) is 27.1 Å². The molecule has 23 heavy (non-hydrogen) atoms. The smallest absolute Gasteiger partial charge is 0.266 e. The second-order valence-corrected chi connectivity index (χ2v) is 6.76. The van der Waals surface area contributed by atoms with Gasteiger partial charge in [-0.05, 0) is 30.2 Å². The van der Waals surface area contributed by atoms with Crippen molar-refractivity contribution in [2.45, 2.75) is 32.2 Å². The highest BCUT2D eigenvalue weighted by Crippen LogP contribution is 2.34. The van der Waals surface area contributed by atoms with Crippen LogP contribution in [-0.2, 0) is 9.59 Å². The van der Waals surface area contributed by atoms with Gasteiger partial charge in [0.15, 0.2) is 0 Å². The van der Waals surface area contributed by atoms with E-state index in [-0.39, 0.29) is 10.1 Å². The van der Waals surface area contributed by atoms with Crippen molar-refractivity contribution in [3.05, 3.63) is 40.6 Å². The first-order valence-corrected chi connectivity index (χ1v) is 8.40. The summed E-state index contributed by atoms with van der Waals surface area (Å²) in [7, 11) is 0. The van der Waals surface area contributed by atoms with Crippen LogP contribution in [0.3, 0.4) is 0 Å². The maximum Gasteiger partial charge on any atom is 0.266 e. The second kappa shape index (κ2) is 7.70. The molecule has 1 atom stereocenters. The Labute approximate surface area is 143 Å². The first-order valence-electron chi connectivity index (χ1n) is 7.17. The Bertz CT molecular complexity index is 658. The Kier molecular flexibility index (Phi) is 5.90.